The number of halogens is 1. The van der Waals surface area contributed by atoms with Gasteiger partial charge in [0, 0.05) is 7.11 Å². The van der Waals surface area contributed by atoms with Gasteiger partial charge in [-0.15, -0.1) is 0 Å². The van der Waals surface area contributed by atoms with E-state index < -0.39 is 0 Å². The summed E-state index contributed by atoms with van der Waals surface area (Å²) in [5.41, 5.74) is 0.443. The minimum atomic E-state index is -0.318. The van der Waals surface area contributed by atoms with Crippen LogP contribution in [0, 0.1) is 0 Å². The number of ether oxygens (including phenoxy) is 1. The minimum Gasteiger partial charge on any atom is -0.467 e. The first kappa shape index (κ1) is 13.6. The van der Waals surface area contributed by atoms with Crippen molar-refractivity contribution in [2.75, 3.05) is 13.7 Å². The highest BCUT2D eigenvalue weighted by atomic mass is 35.5. The number of rotatable bonds is 5. The van der Waals surface area contributed by atoms with Crippen molar-refractivity contribution in [2.24, 2.45) is 0 Å². The van der Waals surface area contributed by atoms with E-state index in [0.717, 1.165) is 0 Å². The Balaban J connectivity index is 1.98. The zero-order valence-electron chi connectivity index (χ0n) is 10.4. The van der Waals surface area contributed by atoms with E-state index in [-0.39, 0.29) is 12.0 Å². The van der Waals surface area contributed by atoms with Gasteiger partial charge in [-0.05, 0) is 24.3 Å². The lowest BCUT2D eigenvalue weighted by Crippen LogP contribution is -2.29. The molecule has 1 unspecified atom stereocenters. The molecular formula is C14H14ClNO3. The van der Waals surface area contributed by atoms with Crippen molar-refractivity contribution in [3.05, 3.63) is 59.0 Å². The maximum absolute atomic E-state index is 12.0. The van der Waals surface area contributed by atoms with Crippen molar-refractivity contribution < 1.29 is 13.9 Å². The van der Waals surface area contributed by atoms with E-state index in [9.17, 15) is 4.79 Å². The number of nitrogens with one attached hydrogen (secondary N) is 1. The summed E-state index contributed by atoms with van der Waals surface area (Å²) in [5, 5.41) is 3.19. The first-order chi connectivity index (χ1) is 9.22. The summed E-state index contributed by atoms with van der Waals surface area (Å²) < 4.78 is 10.5. The number of furan rings is 1. The molecule has 1 aromatic carbocycles. The molecule has 1 N–H and O–H groups in total. The van der Waals surface area contributed by atoms with Crippen LogP contribution in [0.3, 0.4) is 0 Å². The van der Waals surface area contributed by atoms with E-state index in [1.165, 1.54) is 0 Å². The van der Waals surface area contributed by atoms with E-state index in [0.29, 0.717) is 22.9 Å². The third-order valence-electron chi connectivity index (χ3n) is 2.71. The molecule has 19 heavy (non-hydrogen) atoms. The van der Waals surface area contributed by atoms with E-state index in [1.54, 1.807) is 49.8 Å². The summed E-state index contributed by atoms with van der Waals surface area (Å²) in [5.74, 6) is 0.432. The molecule has 1 aromatic heterocycles. The molecule has 0 fully saturated rings. The van der Waals surface area contributed by atoms with Crippen LogP contribution in [0.15, 0.2) is 47.1 Å². The second-order valence-corrected chi connectivity index (χ2v) is 4.34. The zero-order chi connectivity index (χ0) is 13.7. The Morgan fingerprint density at radius 3 is 2.79 bits per heavy atom. The molecule has 0 saturated carbocycles. The van der Waals surface area contributed by atoms with Crippen LogP contribution >= 0.6 is 11.6 Å². The molecule has 2 aromatic rings. The number of hydrogen-bond donors (Lipinski definition) is 1. The number of amides is 1. The van der Waals surface area contributed by atoms with Crippen LogP contribution in [-0.4, -0.2) is 19.6 Å². The normalized spacial score (nSPS) is 12.1. The third kappa shape index (κ3) is 3.36. The van der Waals surface area contributed by atoms with Gasteiger partial charge in [0.05, 0.1) is 23.4 Å². The summed E-state index contributed by atoms with van der Waals surface area (Å²) >= 11 is 5.96. The summed E-state index contributed by atoms with van der Waals surface area (Å²) in [7, 11) is 1.56. The predicted octanol–water partition coefficient (Wildman–Crippen LogP) is 3.05. The number of carbonyl (C=O) groups is 1. The Morgan fingerprint density at radius 2 is 2.16 bits per heavy atom. The van der Waals surface area contributed by atoms with E-state index in [1.807, 2.05) is 0 Å². The molecule has 0 aliphatic carbocycles. The largest absolute Gasteiger partial charge is 0.467 e. The monoisotopic (exact) mass is 279 g/mol. The average Bonchev–Trinajstić information content (AvgIpc) is 2.94. The lowest BCUT2D eigenvalue weighted by molar-refractivity contribution is 0.0738. The summed E-state index contributed by atoms with van der Waals surface area (Å²) in [6.07, 6.45) is 1.25. The van der Waals surface area contributed by atoms with Crippen molar-refractivity contribution in [2.45, 2.75) is 6.10 Å². The number of benzene rings is 1. The molecule has 0 bridgehead atoms. The summed E-state index contributed by atoms with van der Waals surface area (Å²) in [4.78, 5) is 12.0. The molecule has 4 nitrogen and oxygen atoms in total. The topological polar surface area (TPSA) is 51.5 Å². The van der Waals surface area contributed by atoms with E-state index in [4.69, 9.17) is 20.8 Å². The molecule has 0 aliphatic heterocycles. The van der Waals surface area contributed by atoms with Gasteiger partial charge in [-0.1, -0.05) is 23.7 Å². The van der Waals surface area contributed by atoms with Crippen LogP contribution < -0.4 is 5.32 Å². The second-order valence-electron chi connectivity index (χ2n) is 3.93. The molecule has 100 valence electrons. The van der Waals surface area contributed by atoms with Gasteiger partial charge in [0.1, 0.15) is 11.9 Å². The van der Waals surface area contributed by atoms with Crippen molar-refractivity contribution in [1.29, 1.82) is 0 Å². The van der Waals surface area contributed by atoms with Crippen LogP contribution in [0.4, 0.5) is 0 Å². The molecular weight excluding hydrogens is 266 g/mol. The molecule has 0 radical (unpaired) electrons. The molecule has 1 atom stereocenters. The first-order valence-corrected chi connectivity index (χ1v) is 6.19. The maximum atomic E-state index is 12.0. The Hall–Kier alpha value is -1.78. The van der Waals surface area contributed by atoms with Gasteiger partial charge >= 0.3 is 0 Å². The highest BCUT2D eigenvalue weighted by molar-refractivity contribution is 6.33. The highest BCUT2D eigenvalue weighted by Gasteiger charge is 2.16. The van der Waals surface area contributed by atoms with Crippen molar-refractivity contribution in [3.8, 4) is 0 Å². The van der Waals surface area contributed by atoms with Gasteiger partial charge in [-0.25, -0.2) is 0 Å². The van der Waals surface area contributed by atoms with Crippen molar-refractivity contribution in [3.63, 3.8) is 0 Å². The highest BCUT2D eigenvalue weighted by Crippen LogP contribution is 2.17. The number of methoxy groups -OCH3 is 1. The minimum absolute atomic E-state index is 0.237. The Bertz CT molecular complexity index is 539. The van der Waals surface area contributed by atoms with Gasteiger partial charge in [0.2, 0.25) is 0 Å². The number of hydrogen-bond acceptors (Lipinski definition) is 3. The Kier molecular flexibility index (Phi) is 4.60. The SMILES string of the molecule is COC(CNC(=O)c1ccccc1Cl)c1ccco1. The Labute approximate surface area is 116 Å². The van der Waals surface area contributed by atoms with Crippen molar-refractivity contribution >= 4 is 17.5 Å². The summed E-state index contributed by atoms with van der Waals surface area (Å²) in [6, 6.07) is 10.5. The van der Waals surface area contributed by atoms with Crippen LogP contribution in [0.5, 0.6) is 0 Å². The van der Waals surface area contributed by atoms with Gasteiger partial charge in [-0.3, -0.25) is 4.79 Å². The lowest BCUT2D eigenvalue weighted by atomic mass is 10.2. The molecule has 1 amide bonds. The second kappa shape index (κ2) is 6.41. The Morgan fingerprint density at radius 1 is 1.37 bits per heavy atom. The van der Waals surface area contributed by atoms with Crippen LogP contribution in [0.1, 0.15) is 22.2 Å². The fourth-order valence-corrected chi connectivity index (χ4v) is 1.92. The molecule has 5 heteroatoms. The van der Waals surface area contributed by atoms with Crippen LogP contribution in [0.25, 0.3) is 0 Å². The van der Waals surface area contributed by atoms with Gasteiger partial charge in [-0.2, -0.15) is 0 Å². The summed E-state index contributed by atoms with van der Waals surface area (Å²) in [6.45, 7) is 0.314. The van der Waals surface area contributed by atoms with Gasteiger partial charge in [0.25, 0.3) is 5.91 Å². The number of carbonyl (C=O) groups excluding carboxylic acids is 1. The van der Waals surface area contributed by atoms with E-state index in [2.05, 4.69) is 5.32 Å². The van der Waals surface area contributed by atoms with Crippen LogP contribution in [-0.2, 0) is 4.74 Å². The zero-order valence-corrected chi connectivity index (χ0v) is 11.2. The third-order valence-corrected chi connectivity index (χ3v) is 3.04. The fraction of sp³-hybridized carbons (Fsp3) is 0.214. The van der Waals surface area contributed by atoms with Gasteiger partial charge < -0.3 is 14.5 Å². The fourth-order valence-electron chi connectivity index (χ4n) is 1.70. The smallest absolute Gasteiger partial charge is 0.252 e. The quantitative estimate of drug-likeness (QED) is 0.915. The van der Waals surface area contributed by atoms with Crippen molar-refractivity contribution in [1.82, 2.24) is 5.32 Å². The molecule has 1 heterocycles. The molecule has 0 saturated heterocycles. The standard InChI is InChI=1S/C14H14ClNO3/c1-18-13(12-7-4-8-19-12)9-16-14(17)10-5-2-3-6-11(10)15/h2-8,13H,9H2,1H3,(H,16,17). The van der Waals surface area contributed by atoms with Crippen LogP contribution in [0.2, 0.25) is 5.02 Å². The average molecular weight is 280 g/mol. The molecule has 0 aliphatic rings. The molecule has 0 spiro atoms. The van der Waals surface area contributed by atoms with Gasteiger partial charge in [0.15, 0.2) is 0 Å². The maximum Gasteiger partial charge on any atom is 0.252 e. The predicted molar refractivity (Wildman–Crippen MR) is 72.2 cm³/mol. The first-order valence-electron chi connectivity index (χ1n) is 5.81. The lowest BCUT2D eigenvalue weighted by Gasteiger charge is -2.14. The molecule has 2 rings (SSSR count). The van der Waals surface area contributed by atoms with E-state index >= 15 is 0 Å².